The first-order chi connectivity index (χ1) is 10.8. The zero-order chi connectivity index (χ0) is 17.6. The topological polar surface area (TPSA) is 114 Å². The molecular weight excluding hydrogens is 313 g/mol. The van der Waals surface area contributed by atoms with Gasteiger partial charge in [0, 0.05) is 18.5 Å². The average Bonchev–Trinajstić information content (AvgIpc) is 2.78. The zero-order valence-corrected chi connectivity index (χ0v) is 13.1. The zero-order valence-electron chi connectivity index (χ0n) is 13.1. The van der Waals surface area contributed by atoms with Gasteiger partial charge in [0.2, 0.25) is 5.95 Å². The van der Waals surface area contributed by atoms with Crippen molar-refractivity contribution in [2.75, 3.05) is 19.8 Å². The van der Waals surface area contributed by atoms with Gasteiger partial charge in [-0.05, 0) is 13.8 Å². The molecule has 0 aliphatic carbocycles. The Morgan fingerprint density at radius 1 is 1.30 bits per heavy atom. The van der Waals surface area contributed by atoms with Gasteiger partial charge in [0.25, 0.3) is 0 Å². The van der Waals surface area contributed by atoms with Crippen molar-refractivity contribution in [3.05, 3.63) is 17.7 Å². The summed E-state index contributed by atoms with van der Waals surface area (Å²) in [6, 6.07) is 0. The van der Waals surface area contributed by atoms with Crippen molar-refractivity contribution in [1.29, 1.82) is 0 Å². The molecule has 1 rings (SSSR count). The lowest BCUT2D eigenvalue weighted by Gasteiger charge is -2.24. The highest BCUT2D eigenvalue weighted by atomic mass is 19.1. The number of ether oxygens (including phenoxy) is 2. The third-order valence-electron chi connectivity index (χ3n) is 3.14. The van der Waals surface area contributed by atoms with Crippen LogP contribution in [0.25, 0.3) is 0 Å². The lowest BCUT2D eigenvalue weighted by Crippen LogP contribution is -2.38. The van der Waals surface area contributed by atoms with Crippen LogP contribution in [-0.2, 0) is 26.1 Å². The summed E-state index contributed by atoms with van der Waals surface area (Å²) in [5.41, 5.74) is -0.133. The Hall–Kier alpha value is -2.04. The number of aromatic nitrogens is 2. The van der Waals surface area contributed by atoms with Crippen LogP contribution in [0.4, 0.5) is 4.39 Å². The number of nitrogens with zero attached hydrogens (tertiary/aromatic N) is 3. The first-order valence-corrected chi connectivity index (χ1v) is 6.99. The van der Waals surface area contributed by atoms with Gasteiger partial charge in [-0.15, -0.1) is 0 Å². The molecule has 0 fully saturated rings. The summed E-state index contributed by atoms with van der Waals surface area (Å²) in [7, 11) is 1.33. The molecule has 1 heterocycles. The van der Waals surface area contributed by atoms with Gasteiger partial charge in [0.05, 0.1) is 26.0 Å². The van der Waals surface area contributed by atoms with Gasteiger partial charge in [-0.25, -0.2) is 4.68 Å². The summed E-state index contributed by atoms with van der Waals surface area (Å²) in [5.74, 6) is -5.51. The minimum Gasteiger partial charge on any atom is -0.465 e. The van der Waals surface area contributed by atoms with E-state index in [1.54, 1.807) is 13.8 Å². The van der Waals surface area contributed by atoms with E-state index in [1.165, 1.54) is 7.05 Å². The minimum atomic E-state index is -1.56. The second-order valence-electron chi connectivity index (χ2n) is 4.66. The highest BCUT2D eigenvalue weighted by Crippen LogP contribution is 2.29. The standard InChI is InChI=1S/C13H20FN3O6/c1-4-22-12(18)10(13(19)23-5-2)9(7-17(20)21)8-6-15-16(3)11(8)14/h6,9-10,20-21H,4-5,7H2,1-3H3/t9-/m1/s1. The monoisotopic (exact) mass is 333 g/mol. The van der Waals surface area contributed by atoms with Crippen molar-refractivity contribution >= 4 is 11.9 Å². The number of carbonyl (C=O) groups is 2. The van der Waals surface area contributed by atoms with Crippen molar-refractivity contribution in [2.24, 2.45) is 13.0 Å². The first-order valence-electron chi connectivity index (χ1n) is 6.99. The molecule has 0 saturated heterocycles. The summed E-state index contributed by atoms with van der Waals surface area (Å²) in [6.45, 7) is 2.47. The molecule has 1 aromatic rings. The molecule has 1 atom stereocenters. The Morgan fingerprint density at radius 3 is 2.17 bits per heavy atom. The molecule has 0 aromatic carbocycles. The third kappa shape index (κ3) is 4.71. The van der Waals surface area contributed by atoms with Crippen LogP contribution in [0.2, 0.25) is 0 Å². The van der Waals surface area contributed by atoms with Crippen LogP contribution >= 0.6 is 0 Å². The second-order valence-corrected chi connectivity index (χ2v) is 4.66. The van der Waals surface area contributed by atoms with Crippen molar-refractivity contribution < 1.29 is 33.9 Å². The van der Waals surface area contributed by atoms with E-state index in [1.807, 2.05) is 0 Å². The van der Waals surface area contributed by atoms with Crippen LogP contribution in [0.3, 0.4) is 0 Å². The molecule has 0 aliphatic rings. The number of aryl methyl sites for hydroxylation is 1. The van der Waals surface area contributed by atoms with Gasteiger partial charge < -0.3 is 9.47 Å². The van der Waals surface area contributed by atoms with Crippen molar-refractivity contribution in [2.45, 2.75) is 19.8 Å². The SMILES string of the molecule is CCOC(=O)C(C(=O)OCC)[C@H](CN(O)O)c1cnn(C)c1F. The fourth-order valence-electron chi connectivity index (χ4n) is 2.14. The number of esters is 2. The molecule has 0 saturated carbocycles. The number of hydrogen-bond acceptors (Lipinski definition) is 8. The Balaban J connectivity index is 3.28. The summed E-state index contributed by atoms with van der Waals surface area (Å²) in [6.07, 6.45) is 1.11. The molecule has 0 bridgehead atoms. The fourth-order valence-corrected chi connectivity index (χ4v) is 2.14. The highest BCUT2D eigenvalue weighted by molar-refractivity contribution is 5.96. The van der Waals surface area contributed by atoms with Crippen LogP contribution in [0.5, 0.6) is 0 Å². The van der Waals surface area contributed by atoms with Gasteiger partial charge in [0.1, 0.15) is 0 Å². The quantitative estimate of drug-likeness (QED) is 0.401. The van der Waals surface area contributed by atoms with E-state index < -0.39 is 36.3 Å². The van der Waals surface area contributed by atoms with Crippen molar-refractivity contribution in [3.63, 3.8) is 0 Å². The van der Waals surface area contributed by atoms with Gasteiger partial charge >= 0.3 is 11.9 Å². The van der Waals surface area contributed by atoms with E-state index in [4.69, 9.17) is 19.9 Å². The van der Waals surface area contributed by atoms with E-state index >= 15 is 0 Å². The maximum atomic E-state index is 14.1. The number of rotatable bonds is 8. The third-order valence-corrected chi connectivity index (χ3v) is 3.14. The van der Waals surface area contributed by atoms with Gasteiger partial charge in [-0.3, -0.25) is 20.0 Å². The largest absolute Gasteiger partial charge is 0.465 e. The summed E-state index contributed by atoms with van der Waals surface area (Å²) >= 11 is 0. The van der Waals surface area contributed by atoms with E-state index in [2.05, 4.69) is 5.10 Å². The molecule has 0 unspecified atom stereocenters. The van der Waals surface area contributed by atoms with Crippen molar-refractivity contribution in [3.8, 4) is 0 Å². The van der Waals surface area contributed by atoms with E-state index in [0.29, 0.717) is 0 Å². The number of halogens is 1. The van der Waals surface area contributed by atoms with Crippen LogP contribution in [-0.4, -0.2) is 57.1 Å². The van der Waals surface area contributed by atoms with Gasteiger partial charge in [-0.2, -0.15) is 9.49 Å². The lowest BCUT2D eigenvalue weighted by molar-refractivity contribution is -0.309. The van der Waals surface area contributed by atoms with Crippen LogP contribution < -0.4 is 0 Å². The van der Waals surface area contributed by atoms with E-state index in [-0.39, 0.29) is 24.0 Å². The predicted molar refractivity (Wildman–Crippen MR) is 72.9 cm³/mol. The molecule has 0 aliphatic heterocycles. The summed E-state index contributed by atoms with van der Waals surface area (Å²) < 4.78 is 24.7. The second kappa shape index (κ2) is 8.56. The molecule has 2 N–H and O–H groups in total. The van der Waals surface area contributed by atoms with Gasteiger partial charge in [-0.1, -0.05) is 5.23 Å². The van der Waals surface area contributed by atoms with Crippen molar-refractivity contribution in [1.82, 2.24) is 15.0 Å². The molecule has 10 heteroatoms. The Labute approximate surface area is 132 Å². The number of carbonyl (C=O) groups excluding carboxylic acids is 2. The molecule has 9 nitrogen and oxygen atoms in total. The maximum Gasteiger partial charge on any atom is 0.321 e. The Bertz CT molecular complexity index is 530. The van der Waals surface area contributed by atoms with Crippen LogP contribution in [0, 0.1) is 11.9 Å². The minimum absolute atomic E-state index is 0.00105. The fraction of sp³-hybridized carbons (Fsp3) is 0.615. The Morgan fingerprint density at radius 2 is 1.83 bits per heavy atom. The molecule has 0 amide bonds. The predicted octanol–water partition coefficient (Wildman–Crippen LogP) is 0.466. The van der Waals surface area contributed by atoms with Crippen LogP contribution in [0.15, 0.2) is 6.20 Å². The van der Waals surface area contributed by atoms with Crippen LogP contribution in [0.1, 0.15) is 25.3 Å². The van der Waals surface area contributed by atoms with Gasteiger partial charge in [0.15, 0.2) is 5.92 Å². The first kappa shape index (κ1) is 19.0. The average molecular weight is 333 g/mol. The number of hydroxylamine groups is 2. The normalized spacial score (nSPS) is 12.5. The highest BCUT2D eigenvalue weighted by Gasteiger charge is 2.41. The molecule has 130 valence electrons. The molecule has 1 aromatic heterocycles. The molecule has 0 spiro atoms. The van der Waals surface area contributed by atoms with E-state index in [0.717, 1.165) is 10.9 Å². The molecule has 23 heavy (non-hydrogen) atoms. The lowest BCUT2D eigenvalue weighted by atomic mass is 9.87. The number of hydrogen-bond donors (Lipinski definition) is 2. The molecular formula is C13H20FN3O6. The Kier molecular flexibility index (Phi) is 7.07. The van der Waals surface area contributed by atoms with E-state index in [9.17, 15) is 14.0 Å². The summed E-state index contributed by atoms with van der Waals surface area (Å²) in [4.78, 5) is 24.2. The smallest absolute Gasteiger partial charge is 0.321 e. The maximum absolute atomic E-state index is 14.1. The molecule has 0 radical (unpaired) electrons. The summed E-state index contributed by atoms with van der Waals surface area (Å²) in [5, 5.41) is 21.6.